The van der Waals surface area contributed by atoms with Gasteiger partial charge >= 0.3 is 5.97 Å². The highest BCUT2D eigenvalue weighted by molar-refractivity contribution is 6.01. The molecule has 1 aliphatic heterocycles. The van der Waals surface area contributed by atoms with Gasteiger partial charge in [0.05, 0.1) is 5.92 Å². The van der Waals surface area contributed by atoms with Crippen LogP contribution in [0.5, 0.6) is 0 Å². The molecule has 2 aromatic rings. The first-order valence-corrected chi connectivity index (χ1v) is 6.10. The van der Waals surface area contributed by atoms with Gasteiger partial charge in [-0.1, -0.05) is 0 Å². The van der Waals surface area contributed by atoms with Crippen molar-refractivity contribution in [2.75, 3.05) is 0 Å². The van der Waals surface area contributed by atoms with Gasteiger partial charge < -0.3 is 5.11 Å². The Kier molecular flexibility index (Phi) is 2.74. The first-order valence-electron chi connectivity index (χ1n) is 6.10. The van der Waals surface area contributed by atoms with Gasteiger partial charge in [0.1, 0.15) is 11.3 Å². The lowest BCUT2D eigenvalue weighted by Gasteiger charge is -2.21. The quantitative estimate of drug-likeness (QED) is 0.778. The summed E-state index contributed by atoms with van der Waals surface area (Å²) in [6.07, 6.45) is 3.67. The molecule has 0 radical (unpaired) electrons. The average Bonchev–Trinajstić information content (AvgIpc) is 2.85. The maximum absolute atomic E-state index is 11.9. The largest absolute Gasteiger partial charge is 0.477 e. The second-order valence-corrected chi connectivity index (χ2v) is 4.64. The monoisotopic (exact) mass is 273 g/mol. The summed E-state index contributed by atoms with van der Waals surface area (Å²) in [4.78, 5) is 38.3. The van der Waals surface area contributed by atoms with E-state index in [1.54, 1.807) is 12.3 Å². The number of carbonyl (C=O) groups is 3. The number of carboxylic acid groups (broad SMARTS) is 1. The minimum absolute atomic E-state index is 0.0414. The molecule has 7 heteroatoms. The Morgan fingerprint density at radius 3 is 2.90 bits per heavy atom. The third-order valence-electron chi connectivity index (χ3n) is 3.39. The molecule has 2 N–H and O–H groups in total. The predicted molar refractivity (Wildman–Crippen MR) is 67.3 cm³/mol. The number of rotatable bonds is 2. The fraction of sp³-hybridized carbons (Fsp3) is 0.231. The molecular weight excluding hydrogens is 262 g/mol. The van der Waals surface area contributed by atoms with Crippen molar-refractivity contribution >= 4 is 23.4 Å². The van der Waals surface area contributed by atoms with Crippen molar-refractivity contribution in [1.29, 1.82) is 0 Å². The van der Waals surface area contributed by atoms with E-state index >= 15 is 0 Å². The van der Waals surface area contributed by atoms with Crippen LogP contribution < -0.4 is 5.32 Å². The number of hydrogen-bond acceptors (Lipinski definition) is 4. The lowest BCUT2D eigenvalue weighted by atomic mass is 9.90. The average molecular weight is 273 g/mol. The lowest BCUT2D eigenvalue weighted by Crippen LogP contribution is -2.39. The van der Waals surface area contributed by atoms with Crippen LogP contribution in [0, 0.1) is 0 Å². The van der Waals surface area contributed by atoms with Crippen LogP contribution in [0.1, 0.15) is 34.8 Å². The van der Waals surface area contributed by atoms with Gasteiger partial charge in [-0.15, -0.1) is 0 Å². The van der Waals surface area contributed by atoms with Crippen molar-refractivity contribution in [1.82, 2.24) is 14.7 Å². The zero-order chi connectivity index (χ0) is 14.3. The van der Waals surface area contributed by atoms with Gasteiger partial charge in [0.15, 0.2) is 0 Å². The Morgan fingerprint density at radius 2 is 2.20 bits per heavy atom. The number of aromatic carboxylic acids is 1. The Bertz CT molecular complexity index is 734. The standard InChI is InChI=1S/C13H11N3O4/c17-11-2-1-8(12(18)15-11)7-5-9(13(19)20)16-4-3-14-10(16)6-7/h3-6,8H,1-2H2,(H,19,20)(H,15,17,18). The minimum atomic E-state index is -1.10. The number of aromatic nitrogens is 2. The first kappa shape index (κ1) is 12.3. The van der Waals surface area contributed by atoms with E-state index in [0.717, 1.165) is 0 Å². The number of nitrogens with one attached hydrogen (secondary N) is 1. The summed E-state index contributed by atoms with van der Waals surface area (Å²) in [7, 11) is 0. The number of amides is 2. The second kappa shape index (κ2) is 4.44. The Labute approximate surface area is 113 Å². The number of hydrogen-bond donors (Lipinski definition) is 2. The van der Waals surface area contributed by atoms with Crippen LogP contribution in [0.2, 0.25) is 0 Å². The molecule has 3 heterocycles. The molecule has 1 aliphatic rings. The Hall–Kier alpha value is -2.70. The van der Waals surface area contributed by atoms with Gasteiger partial charge in [-0.05, 0) is 24.1 Å². The van der Waals surface area contributed by atoms with Gasteiger partial charge in [-0.3, -0.25) is 19.3 Å². The van der Waals surface area contributed by atoms with Crippen LogP contribution in [-0.2, 0) is 9.59 Å². The Morgan fingerprint density at radius 1 is 1.40 bits per heavy atom. The van der Waals surface area contributed by atoms with Gasteiger partial charge in [-0.25, -0.2) is 9.78 Å². The molecule has 7 nitrogen and oxygen atoms in total. The zero-order valence-electron chi connectivity index (χ0n) is 10.4. The van der Waals surface area contributed by atoms with Crippen molar-refractivity contribution < 1.29 is 19.5 Å². The third-order valence-corrected chi connectivity index (χ3v) is 3.39. The summed E-state index contributed by atoms with van der Waals surface area (Å²) < 4.78 is 1.44. The molecule has 1 atom stereocenters. The van der Waals surface area contributed by atoms with E-state index in [-0.39, 0.29) is 18.0 Å². The number of pyridine rings is 1. The fourth-order valence-corrected chi connectivity index (χ4v) is 2.42. The molecule has 0 spiro atoms. The van der Waals surface area contributed by atoms with Crippen LogP contribution in [0.3, 0.4) is 0 Å². The number of imidazole rings is 1. The molecule has 0 aromatic carbocycles. The molecule has 0 saturated carbocycles. The number of fused-ring (bicyclic) bond motifs is 1. The molecule has 1 unspecified atom stereocenters. The van der Waals surface area contributed by atoms with E-state index in [1.807, 2.05) is 0 Å². The molecule has 102 valence electrons. The smallest absolute Gasteiger partial charge is 0.352 e. The molecular formula is C13H11N3O4. The van der Waals surface area contributed by atoms with Crippen molar-refractivity contribution in [3.63, 3.8) is 0 Å². The zero-order valence-corrected chi connectivity index (χ0v) is 10.4. The van der Waals surface area contributed by atoms with Crippen LogP contribution in [0.25, 0.3) is 5.65 Å². The summed E-state index contributed by atoms with van der Waals surface area (Å²) in [6.45, 7) is 0. The molecule has 20 heavy (non-hydrogen) atoms. The van der Waals surface area contributed by atoms with Crippen LogP contribution >= 0.6 is 0 Å². The number of imide groups is 1. The normalized spacial score (nSPS) is 19.1. The van der Waals surface area contributed by atoms with Crippen LogP contribution in [0.4, 0.5) is 0 Å². The summed E-state index contributed by atoms with van der Waals surface area (Å²) in [5.74, 6) is -2.31. The molecule has 1 saturated heterocycles. The highest BCUT2D eigenvalue weighted by Gasteiger charge is 2.29. The van der Waals surface area contributed by atoms with Gasteiger partial charge in [-0.2, -0.15) is 0 Å². The number of carboxylic acids is 1. The van der Waals surface area contributed by atoms with Gasteiger partial charge in [0.2, 0.25) is 11.8 Å². The number of carbonyl (C=O) groups excluding carboxylic acids is 2. The van der Waals surface area contributed by atoms with E-state index in [0.29, 0.717) is 17.6 Å². The molecule has 2 aromatic heterocycles. The SMILES string of the molecule is O=C1CCC(c2cc(C(=O)O)n3ccnc3c2)C(=O)N1. The molecule has 0 aliphatic carbocycles. The van der Waals surface area contributed by atoms with E-state index in [2.05, 4.69) is 10.3 Å². The van der Waals surface area contributed by atoms with Crippen LogP contribution in [0.15, 0.2) is 24.5 Å². The van der Waals surface area contributed by atoms with Gasteiger partial charge in [0.25, 0.3) is 0 Å². The fourth-order valence-electron chi connectivity index (χ4n) is 2.42. The van der Waals surface area contributed by atoms with Crippen LogP contribution in [-0.4, -0.2) is 32.3 Å². The molecule has 1 fully saturated rings. The maximum Gasteiger partial charge on any atom is 0.352 e. The third kappa shape index (κ3) is 1.93. The van der Waals surface area contributed by atoms with E-state index in [9.17, 15) is 19.5 Å². The summed E-state index contributed by atoms with van der Waals surface area (Å²) in [5.41, 5.74) is 1.07. The number of piperidine rings is 1. The first-order chi connectivity index (χ1) is 9.56. The van der Waals surface area contributed by atoms with Crippen molar-refractivity contribution in [3.8, 4) is 0 Å². The topological polar surface area (TPSA) is 101 Å². The Balaban J connectivity index is 2.10. The van der Waals surface area contributed by atoms with Crippen molar-refractivity contribution in [2.45, 2.75) is 18.8 Å². The predicted octanol–water partition coefficient (Wildman–Crippen LogP) is 0.553. The van der Waals surface area contributed by atoms with Crippen molar-refractivity contribution in [2.24, 2.45) is 0 Å². The van der Waals surface area contributed by atoms with E-state index < -0.39 is 17.8 Å². The maximum atomic E-state index is 11.9. The minimum Gasteiger partial charge on any atom is -0.477 e. The molecule has 3 rings (SSSR count). The summed E-state index contributed by atoms with van der Waals surface area (Å²) >= 11 is 0. The summed E-state index contributed by atoms with van der Waals surface area (Å²) in [5, 5.41) is 11.5. The van der Waals surface area contributed by atoms with E-state index in [1.165, 1.54) is 16.7 Å². The highest BCUT2D eigenvalue weighted by atomic mass is 16.4. The van der Waals surface area contributed by atoms with Gasteiger partial charge in [0, 0.05) is 18.8 Å². The van der Waals surface area contributed by atoms with Crippen molar-refractivity contribution in [3.05, 3.63) is 35.8 Å². The number of nitrogens with zero attached hydrogens (tertiary/aromatic N) is 2. The molecule has 0 bridgehead atoms. The highest BCUT2D eigenvalue weighted by Crippen LogP contribution is 2.26. The lowest BCUT2D eigenvalue weighted by molar-refractivity contribution is -0.134. The molecule has 2 amide bonds. The summed E-state index contributed by atoms with van der Waals surface area (Å²) in [6, 6.07) is 3.13. The second-order valence-electron chi connectivity index (χ2n) is 4.64. The van der Waals surface area contributed by atoms with E-state index in [4.69, 9.17) is 0 Å².